The Kier molecular flexibility index (Phi) is 5.82. The van der Waals surface area contributed by atoms with Gasteiger partial charge in [0.1, 0.15) is 0 Å². The van der Waals surface area contributed by atoms with Crippen molar-refractivity contribution in [3.63, 3.8) is 0 Å². The van der Waals surface area contributed by atoms with Gasteiger partial charge in [-0.15, -0.1) is 11.3 Å². The molecule has 0 bridgehead atoms. The van der Waals surface area contributed by atoms with Crippen molar-refractivity contribution < 1.29 is 19.2 Å². The molecule has 0 N–H and O–H groups in total. The van der Waals surface area contributed by atoms with E-state index in [0.717, 1.165) is 17.7 Å². The number of carbonyl (C=O) groups excluding carboxylic acids is 2. The smallest absolute Gasteiger partial charge is 0.339 e. The van der Waals surface area contributed by atoms with Crippen LogP contribution >= 0.6 is 11.3 Å². The third-order valence-electron chi connectivity index (χ3n) is 3.48. The first kappa shape index (κ1) is 19.2. The number of anilines is 1. The zero-order chi connectivity index (χ0) is 19.4. The summed E-state index contributed by atoms with van der Waals surface area (Å²) in [4.78, 5) is 51.5. The molecular weight excluding hydrogens is 364 g/mol. The van der Waals surface area contributed by atoms with Crippen LogP contribution in [0, 0.1) is 10.1 Å². The van der Waals surface area contributed by atoms with Gasteiger partial charge in [-0.3, -0.25) is 24.6 Å². The zero-order valence-corrected chi connectivity index (χ0v) is 15.1. The van der Waals surface area contributed by atoms with E-state index < -0.39 is 22.1 Å². The summed E-state index contributed by atoms with van der Waals surface area (Å²) >= 11 is 1.21. The van der Waals surface area contributed by atoms with E-state index in [-0.39, 0.29) is 18.0 Å². The van der Waals surface area contributed by atoms with Crippen LogP contribution in [0.1, 0.15) is 29.9 Å². The molecule has 0 fully saturated rings. The normalized spacial score (nSPS) is 10.4. The minimum absolute atomic E-state index is 0.0868. The summed E-state index contributed by atoms with van der Waals surface area (Å²) in [7, 11) is 1.14. The number of hydrogen-bond donors (Lipinski definition) is 0. The van der Waals surface area contributed by atoms with Crippen LogP contribution in [0.25, 0.3) is 0 Å². The lowest BCUT2D eigenvalue weighted by molar-refractivity contribution is -0.386. The number of esters is 1. The molecule has 0 spiro atoms. The van der Waals surface area contributed by atoms with E-state index in [9.17, 15) is 24.5 Å². The maximum atomic E-state index is 12.3. The number of nitrogens with zero attached hydrogens (tertiary/aromatic N) is 4. The molecule has 10 nitrogen and oxygen atoms in total. The Morgan fingerprint density at radius 1 is 1.46 bits per heavy atom. The average Bonchev–Trinajstić information content (AvgIpc) is 3.04. The van der Waals surface area contributed by atoms with Crippen molar-refractivity contribution in [3.8, 4) is 0 Å². The predicted octanol–water partition coefficient (Wildman–Crippen LogP) is 1.42. The number of aromatic nitrogens is 2. The van der Waals surface area contributed by atoms with Crippen LogP contribution in [0.15, 0.2) is 22.4 Å². The number of hydrogen-bond acceptors (Lipinski definition) is 8. The third-order valence-corrected chi connectivity index (χ3v) is 4.40. The molecule has 0 saturated heterocycles. The van der Waals surface area contributed by atoms with Gasteiger partial charge in [0.05, 0.1) is 29.8 Å². The van der Waals surface area contributed by atoms with Gasteiger partial charge in [-0.2, -0.15) is 0 Å². The molecule has 0 atom stereocenters. The van der Waals surface area contributed by atoms with E-state index in [1.54, 1.807) is 12.3 Å². The SMILES string of the molecule is CCN(C(C)=O)c1nc(Cn2cc(C(=O)OC)cc([N+](=O)[O-])c2=O)cs1. The number of carbonyl (C=O) groups is 2. The standard InChI is InChI=1S/C15H16N4O6S/c1-4-18(9(2)20)15-16-11(8-26-15)7-17-6-10(14(22)25-3)5-12(13(17)21)19(23)24/h5-6,8H,4,7H2,1-3H3. The highest BCUT2D eigenvalue weighted by Gasteiger charge is 2.21. The van der Waals surface area contributed by atoms with Gasteiger partial charge in [-0.1, -0.05) is 0 Å². The monoisotopic (exact) mass is 380 g/mol. The van der Waals surface area contributed by atoms with Gasteiger partial charge < -0.3 is 9.30 Å². The highest BCUT2D eigenvalue weighted by atomic mass is 32.1. The number of amides is 1. The summed E-state index contributed by atoms with van der Waals surface area (Å²) in [6.45, 7) is 3.57. The first-order valence-corrected chi connectivity index (χ1v) is 8.36. The van der Waals surface area contributed by atoms with Crippen molar-refractivity contribution in [1.82, 2.24) is 9.55 Å². The van der Waals surface area contributed by atoms with Gasteiger partial charge in [0.25, 0.3) is 0 Å². The summed E-state index contributed by atoms with van der Waals surface area (Å²) in [5.74, 6) is -0.969. The Morgan fingerprint density at radius 2 is 2.15 bits per heavy atom. The van der Waals surface area contributed by atoms with Crippen LogP contribution < -0.4 is 10.5 Å². The second-order valence-electron chi connectivity index (χ2n) is 5.18. The lowest BCUT2D eigenvalue weighted by Gasteiger charge is -2.14. The van der Waals surface area contributed by atoms with E-state index >= 15 is 0 Å². The number of pyridine rings is 1. The van der Waals surface area contributed by atoms with Crippen molar-refractivity contribution in [2.45, 2.75) is 20.4 Å². The van der Waals surface area contributed by atoms with Crippen molar-refractivity contribution in [2.75, 3.05) is 18.6 Å². The van der Waals surface area contributed by atoms with Crippen LogP contribution in [0.2, 0.25) is 0 Å². The average molecular weight is 380 g/mol. The lowest BCUT2D eigenvalue weighted by atomic mass is 10.2. The second kappa shape index (κ2) is 7.87. The quantitative estimate of drug-likeness (QED) is 0.421. The Morgan fingerprint density at radius 3 is 2.69 bits per heavy atom. The fourth-order valence-corrected chi connectivity index (χ4v) is 3.18. The van der Waals surface area contributed by atoms with E-state index in [1.165, 1.54) is 29.4 Å². The lowest BCUT2D eigenvalue weighted by Crippen LogP contribution is -2.28. The van der Waals surface area contributed by atoms with E-state index in [0.29, 0.717) is 17.4 Å². The minimum Gasteiger partial charge on any atom is -0.465 e. The Balaban J connectivity index is 2.43. The van der Waals surface area contributed by atoms with Crippen LogP contribution in [0.4, 0.5) is 10.8 Å². The Hall–Kier alpha value is -3.08. The maximum Gasteiger partial charge on any atom is 0.339 e. The van der Waals surface area contributed by atoms with Gasteiger partial charge >= 0.3 is 17.2 Å². The molecule has 0 aromatic carbocycles. The van der Waals surface area contributed by atoms with Crippen LogP contribution in [-0.2, 0) is 16.1 Å². The fraction of sp³-hybridized carbons (Fsp3) is 0.333. The molecule has 26 heavy (non-hydrogen) atoms. The van der Waals surface area contributed by atoms with Crippen molar-refractivity contribution >= 4 is 34.0 Å². The predicted molar refractivity (Wildman–Crippen MR) is 93.6 cm³/mol. The summed E-state index contributed by atoms with van der Waals surface area (Å²) < 4.78 is 5.58. The minimum atomic E-state index is -0.865. The van der Waals surface area contributed by atoms with Crippen molar-refractivity contribution in [1.29, 1.82) is 0 Å². The number of rotatable bonds is 6. The Labute approximate surface area is 151 Å². The molecule has 0 saturated carbocycles. The van der Waals surface area contributed by atoms with E-state index in [4.69, 9.17) is 0 Å². The van der Waals surface area contributed by atoms with Crippen LogP contribution in [0.3, 0.4) is 0 Å². The third kappa shape index (κ3) is 3.94. The molecule has 0 radical (unpaired) electrons. The topological polar surface area (TPSA) is 125 Å². The maximum absolute atomic E-state index is 12.3. The zero-order valence-electron chi connectivity index (χ0n) is 14.3. The molecule has 2 aromatic rings. The fourth-order valence-electron chi connectivity index (χ4n) is 2.26. The Bertz CT molecular complexity index is 919. The van der Waals surface area contributed by atoms with Crippen molar-refractivity contribution in [2.24, 2.45) is 0 Å². The molecule has 2 aromatic heterocycles. The number of ether oxygens (including phenoxy) is 1. The van der Waals surface area contributed by atoms with Crippen LogP contribution in [-0.4, -0.2) is 40.0 Å². The molecule has 2 heterocycles. The summed E-state index contributed by atoms with van der Waals surface area (Å²) in [5, 5.41) is 13.2. The number of thiazole rings is 1. The highest BCUT2D eigenvalue weighted by Crippen LogP contribution is 2.21. The molecule has 1 amide bonds. The summed E-state index contributed by atoms with van der Waals surface area (Å²) in [5.41, 5.74) is -1.28. The first-order chi connectivity index (χ1) is 12.3. The van der Waals surface area contributed by atoms with Gasteiger partial charge in [0, 0.05) is 31.1 Å². The second-order valence-corrected chi connectivity index (χ2v) is 6.02. The molecule has 0 aliphatic rings. The van der Waals surface area contributed by atoms with E-state index in [2.05, 4.69) is 9.72 Å². The molecule has 2 rings (SSSR count). The molecule has 0 aliphatic carbocycles. The molecule has 0 unspecified atom stereocenters. The molecule has 138 valence electrons. The number of nitro groups is 1. The van der Waals surface area contributed by atoms with Gasteiger partial charge in [-0.25, -0.2) is 9.78 Å². The molecule has 0 aliphatic heterocycles. The van der Waals surface area contributed by atoms with E-state index in [1.807, 2.05) is 0 Å². The summed E-state index contributed by atoms with van der Waals surface area (Å²) in [6.07, 6.45) is 1.18. The highest BCUT2D eigenvalue weighted by molar-refractivity contribution is 7.14. The van der Waals surface area contributed by atoms with Gasteiger partial charge in [0.15, 0.2) is 5.13 Å². The largest absolute Gasteiger partial charge is 0.465 e. The van der Waals surface area contributed by atoms with Gasteiger partial charge in [-0.05, 0) is 6.92 Å². The van der Waals surface area contributed by atoms with Gasteiger partial charge in [0.2, 0.25) is 5.91 Å². The molecular formula is C15H16N4O6S. The van der Waals surface area contributed by atoms with Crippen LogP contribution in [0.5, 0.6) is 0 Å². The number of methoxy groups -OCH3 is 1. The van der Waals surface area contributed by atoms with Crippen molar-refractivity contribution in [3.05, 3.63) is 49.4 Å². The summed E-state index contributed by atoms with van der Waals surface area (Å²) in [6, 6.07) is 0.881. The molecule has 11 heteroatoms. The first-order valence-electron chi connectivity index (χ1n) is 7.48.